The van der Waals surface area contributed by atoms with Crippen molar-refractivity contribution >= 4 is 5.91 Å². The number of aromatic nitrogens is 3. The third kappa shape index (κ3) is 5.85. The Balaban J connectivity index is 1.94. The van der Waals surface area contributed by atoms with Crippen molar-refractivity contribution < 1.29 is 22.5 Å². The van der Waals surface area contributed by atoms with E-state index in [2.05, 4.69) is 15.6 Å². The first-order chi connectivity index (χ1) is 15.9. The van der Waals surface area contributed by atoms with Crippen LogP contribution in [0.3, 0.4) is 0 Å². The Kier molecular flexibility index (Phi) is 7.50. The molecule has 0 spiro atoms. The van der Waals surface area contributed by atoms with Crippen LogP contribution >= 0.6 is 0 Å². The van der Waals surface area contributed by atoms with Gasteiger partial charge in [-0.3, -0.25) is 14.4 Å². The molecule has 3 aromatic rings. The predicted molar refractivity (Wildman–Crippen MR) is 122 cm³/mol. The summed E-state index contributed by atoms with van der Waals surface area (Å²) in [6, 6.07) is 6.51. The van der Waals surface area contributed by atoms with Crippen molar-refractivity contribution in [1.82, 2.24) is 25.2 Å². The summed E-state index contributed by atoms with van der Waals surface area (Å²) >= 11 is 0. The Morgan fingerprint density at radius 1 is 1.18 bits per heavy atom. The van der Waals surface area contributed by atoms with Crippen LogP contribution in [-0.4, -0.2) is 38.8 Å². The van der Waals surface area contributed by atoms with E-state index in [9.17, 15) is 18.0 Å². The maximum atomic E-state index is 13.0. The van der Waals surface area contributed by atoms with E-state index in [1.54, 1.807) is 4.68 Å². The van der Waals surface area contributed by atoms with Crippen molar-refractivity contribution in [3.63, 3.8) is 0 Å². The quantitative estimate of drug-likeness (QED) is 0.504. The lowest BCUT2D eigenvalue weighted by molar-refractivity contribution is -0.137. The largest absolute Gasteiger partial charge is 0.416 e. The SMILES string of the molecule is Cc1cc(CN(C)Cc2c(C(=O)NC(C)C(C)C)noc2-c2ccc(C(F)(F)F)cc2)nn1C. The Hall–Kier alpha value is -3.14. The summed E-state index contributed by atoms with van der Waals surface area (Å²) in [6.45, 7) is 8.62. The molecule has 7 nitrogen and oxygen atoms in total. The number of carbonyl (C=O) groups excluding carboxylic acids is 1. The molecule has 10 heteroatoms. The first kappa shape index (κ1) is 25.5. The number of alkyl halides is 3. The highest BCUT2D eigenvalue weighted by atomic mass is 19.4. The van der Waals surface area contributed by atoms with Gasteiger partial charge in [-0.1, -0.05) is 31.1 Å². The smallest absolute Gasteiger partial charge is 0.355 e. The number of rotatable bonds is 8. The van der Waals surface area contributed by atoms with E-state index in [1.807, 2.05) is 52.8 Å². The van der Waals surface area contributed by atoms with E-state index in [0.29, 0.717) is 17.7 Å². The fourth-order valence-corrected chi connectivity index (χ4v) is 3.43. The second kappa shape index (κ2) is 10.0. The van der Waals surface area contributed by atoms with Gasteiger partial charge < -0.3 is 9.84 Å². The number of benzene rings is 1. The zero-order valence-corrected chi connectivity index (χ0v) is 20.2. The molecule has 0 aliphatic rings. The van der Waals surface area contributed by atoms with E-state index in [4.69, 9.17) is 4.52 Å². The van der Waals surface area contributed by atoms with E-state index < -0.39 is 11.7 Å². The third-order valence-electron chi connectivity index (χ3n) is 5.86. The fourth-order valence-electron chi connectivity index (χ4n) is 3.43. The Morgan fingerprint density at radius 3 is 2.35 bits per heavy atom. The summed E-state index contributed by atoms with van der Waals surface area (Å²) in [5, 5.41) is 11.4. The van der Waals surface area contributed by atoms with Gasteiger partial charge >= 0.3 is 6.18 Å². The van der Waals surface area contributed by atoms with Crippen molar-refractivity contribution in [2.45, 2.75) is 53.0 Å². The molecule has 0 fully saturated rings. The highest BCUT2D eigenvalue weighted by Gasteiger charge is 2.31. The number of aryl methyl sites for hydroxylation is 2. The van der Waals surface area contributed by atoms with Crippen LogP contribution in [0.1, 0.15) is 53.8 Å². The Bertz CT molecular complexity index is 1110. The molecule has 1 unspecified atom stereocenters. The molecule has 184 valence electrons. The minimum atomic E-state index is -4.44. The van der Waals surface area contributed by atoms with Gasteiger partial charge in [-0.2, -0.15) is 18.3 Å². The minimum Gasteiger partial charge on any atom is -0.355 e. The summed E-state index contributed by atoms with van der Waals surface area (Å²) < 4.78 is 46.3. The first-order valence-electron chi connectivity index (χ1n) is 11.0. The summed E-state index contributed by atoms with van der Waals surface area (Å²) in [4.78, 5) is 14.9. The first-order valence-corrected chi connectivity index (χ1v) is 11.0. The zero-order valence-electron chi connectivity index (χ0n) is 20.2. The molecule has 1 amide bonds. The van der Waals surface area contributed by atoms with Gasteiger partial charge in [0.15, 0.2) is 11.5 Å². The number of hydrogen-bond acceptors (Lipinski definition) is 5. The monoisotopic (exact) mass is 477 g/mol. The molecule has 1 N–H and O–H groups in total. The molecular formula is C24H30F3N5O2. The number of nitrogens with one attached hydrogen (secondary N) is 1. The van der Waals surface area contributed by atoms with Crippen LogP contribution in [0.4, 0.5) is 13.2 Å². The van der Waals surface area contributed by atoms with Crippen LogP contribution in [0.15, 0.2) is 34.9 Å². The van der Waals surface area contributed by atoms with Gasteiger partial charge in [-0.05, 0) is 45.0 Å². The number of hydrogen-bond donors (Lipinski definition) is 1. The van der Waals surface area contributed by atoms with E-state index in [1.165, 1.54) is 12.1 Å². The molecule has 0 aliphatic carbocycles. The average Bonchev–Trinajstić information content (AvgIpc) is 3.29. The van der Waals surface area contributed by atoms with Gasteiger partial charge in [0.1, 0.15) is 0 Å². The number of amides is 1. The Morgan fingerprint density at radius 2 is 1.82 bits per heavy atom. The van der Waals surface area contributed by atoms with E-state index in [-0.39, 0.29) is 35.9 Å². The van der Waals surface area contributed by atoms with Gasteiger partial charge in [0.05, 0.1) is 11.3 Å². The zero-order chi connectivity index (χ0) is 25.2. The van der Waals surface area contributed by atoms with Crippen LogP contribution in [0.2, 0.25) is 0 Å². The lowest BCUT2D eigenvalue weighted by Crippen LogP contribution is -2.37. The van der Waals surface area contributed by atoms with Crippen LogP contribution < -0.4 is 5.32 Å². The molecular weight excluding hydrogens is 447 g/mol. The summed E-state index contributed by atoms with van der Waals surface area (Å²) in [7, 11) is 3.73. The molecule has 2 heterocycles. The molecule has 3 rings (SSSR count). The van der Waals surface area contributed by atoms with Crippen molar-refractivity contribution in [3.8, 4) is 11.3 Å². The lowest BCUT2D eigenvalue weighted by atomic mass is 10.0. The predicted octanol–water partition coefficient (Wildman–Crippen LogP) is 4.81. The number of nitrogens with zero attached hydrogens (tertiary/aromatic N) is 4. The van der Waals surface area contributed by atoms with Gasteiger partial charge in [0.2, 0.25) is 0 Å². The van der Waals surface area contributed by atoms with Gasteiger partial charge in [-0.25, -0.2) is 0 Å². The number of halogens is 3. The normalized spacial score (nSPS) is 13.0. The minimum absolute atomic E-state index is 0.0965. The summed E-state index contributed by atoms with van der Waals surface area (Å²) in [5.41, 5.74) is 2.14. The van der Waals surface area contributed by atoms with Crippen molar-refractivity contribution in [1.29, 1.82) is 0 Å². The maximum Gasteiger partial charge on any atom is 0.416 e. The molecule has 0 bridgehead atoms. The molecule has 0 saturated heterocycles. The average molecular weight is 478 g/mol. The van der Waals surface area contributed by atoms with Crippen molar-refractivity contribution in [3.05, 3.63) is 58.5 Å². The van der Waals surface area contributed by atoms with Crippen LogP contribution in [0.25, 0.3) is 11.3 Å². The molecule has 1 atom stereocenters. The summed E-state index contributed by atoms with van der Waals surface area (Å²) in [6.07, 6.45) is -4.44. The highest BCUT2D eigenvalue weighted by Crippen LogP contribution is 2.33. The van der Waals surface area contributed by atoms with Crippen LogP contribution in [-0.2, 0) is 26.3 Å². The maximum absolute atomic E-state index is 13.0. The molecule has 0 aliphatic heterocycles. The second-order valence-corrected chi connectivity index (χ2v) is 8.99. The second-order valence-electron chi connectivity index (χ2n) is 8.99. The topological polar surface area (TPSA) is 76.2 Å². The molecule has 0 saturated carbocycles. The third-order valence-corrected chi connectivity index (χ3v) is 5.86. The molecule has 1 aromatic carbocycles. The van der Waals surface area contributed by atoms with E-state index >= 15 is 0 Å². The van der Waals surface area contributed by atoms with Crippen LogP contribution in [0, 0.1) is 12.8 Å². The number of carbonyl (C=O) groups is 1. The molecule has 34 heavy (non-hydrogen) atoms. The van der Waals surface area contributed by atoms with Crippen molar-refractivity contribution in [2.75, 3.05) is 7.05 Å². The lowest BCUT2D eigenvalue weighted by Gasteiger charge is -2.18. The van der Waals surface area contributed by atoms with Crippen LogP contribution in [0.5, 0.6) is 0 Å². The highest BCUT2D eigenvalue weighted by molar-refractivity contribution is 5.95. The van der Waals surface area contributed by atoms with Crippen molar-refractivity contribution in [2.24, 2.45) is 13.0 Å². The van der Waals surface area contributed by atoms with Gasteiger partial charge in [0.25, 0.3) is 5.91 Å². The van der Waals surface area contributed by atoms with Gasteiger partial charge in [0, 0.05) is 43.0 Å². The Labute approximate surface area is 196 Å². The molecule has 0 radical (unpaired) electrons. The summed E-state index contributed by atoms with van der Waals surface area (Å²) in [5.74, 6) is 0.0871. The standard InChI is InChI=1S/C24H30F3N5O2/c1-14(2)16(4)28-23(33)21-20(13-31(5)12-19-11-15(3)32(6)29-19)22(34-30-21)17-7-9-18(10-8-17)24(25,26)27/h7-11,14,16H,12-13H2,1-6H3,(H,28,33). The molecule has 2 aromatic heterocycles. The fraction of sp³-hybridized carbons (Fsp3) is 0.458. The van der Waals surface area contributed by atoms with Gasteiger partial charge in [-0.15, -0.1) is 0 Å². The van der Waals surface area contributed by atoms with E-state index in [0.717, 1.165) is 23.5 Å².